The number of rotatable bonds is 2. The Labute approximate surface area is 120 Å². The van der Waals surface area contributed by atoms with Crippen LogP contribution >= 0.6 is 0 Å². The zero-order valence-corrected chi connectivity index (χ0v) is 11.6. The second kappa shape index (κ2) is 5.60. The van der Waals surface area contributed by atoms with Crippen molar-refractivity contribution in [1.29, 1.82) is 0 Å². The first-order valence-corrected chi connectivity index (χ1v) is 6.28. The van der Waals surface area contributed by atoms with Crippen molar-refractivity contribution in [2.75, 3.05) is 14.1 Å². The van der Waals surface area contributed by atoms with Gasteiger partial charge in [-0.05, 0) is 35.4 Å². The van der Waals surface area contributed by atoms with Crippen molar-refractivity contribution in [2.24, 2.45) is 0 Å². The Hall–Kier alpha value is -2.30. The fourth-order valence-electron chi connectivity index (χ4n) is 1.92. The fraction of sp³-hybridized carbons (Fsp3) is 0.188. The van der Waals surface area contributed by atoms with Crippen LogP contribution in [-0.4, -0.2) is 24.9 Å². The Balaban J connectivity index is 2.25. The molecule has 0 heterocycles. The van der Waals surface area contributed by atoms with E-state index in [1.165, 1.54) is 17.0 Å². The number of hydrogen-bond donors (Lipinski definition) is 0. The molecule has 0 saturated heterocycles. The summed E-state index contributed by atoms with van der Waals surface area (Å²) in [6.07, 6.45) is -4.33. The van der Waals surface area contributed by atoms with Crippen molar-refractivity contribution in [2.45, 2.75) is 6.18 Å². The lowest BCUT2D eigenvalue weighted by Crippen LogP contribution is -2.21. The molecule has 0 aliphatic heterocycles. The maximum absolute atomic E-state index is 12.5. The molecule has 21 heavy (non-hydrogen) atoms. The highest BCUT2D eigenvalue weighted by atomic mass is 19.4. The van der Waals surface area contributed by atoms with Crippen LogP contribution in [0, 0.1) is 0 Å². The quantitative estimate of drug-likeness (QED) is 0.817. The first kappa shape index (κ1) is 15.1. The molecule has 0 radical (unpaired) electrons. The third-order valence-electron chi connectivity index (χ3n) is 3.08. The smallest absolute Gasteiger partial charge is 0.345 e. The fourth-order valence-corrected chi connectivity index (χ4v) is 1.92. The highest BCUT2D eigenvalue weighted by Crippen LogP contribution is 2.31. The molecule has 0 aliphatic carbocycles. The van der Waals surface area contributed by atoms with Crippen molar-refractivity contribution in [3.05, 3.63) is 59.7 Å². The average molecular weight is 293 g/mol. The number of amides is 1. The summed E-state index contributed by atoms with van der Waals surface area (Å²) >= 11 is 0. The second-order valence-electron chi connectivity index (χ2n) is 4.85. The summed E-state index contributed by atoms with van der Waals surface area (Å²) in [5, 5.41) is 0. The molecule has 2 aromatic rings. The lowest BCUT2D eigenvalue weighted by molar-refractivity contribution is -0.137. The Bertz CT molecular complexity index is 628. The molecule has 2 nitrogen and oxygen atoms in total. The largest absolute Gasteiger partial charge is 0.416 e. The van der Waals surface area contributed by atoms with Gasteiger partial charge in [0.05, 0.1) is 5.56 Å². The summed E-state index contributed by atoms with van der Waals surface area (Å²) in [4.78, 5) is 13.2. The van der Waals surface area contributed by atoms with E-state index in [0.717, 1.165) is 17.7 Å². The highest BCUT2D eigenvalue weighted by molar-refractivity contribution is 5.94. The summed E-state index contributed by atoms with van der Waals surface area (Å²) in [5.74, 6) is -0.117. The van der Waals surface area contributed by atoms with Gasteiger partial charge in [0, 0.05) is 19.7 Å². The third kappa shape index (κ3) is 3.42. The van der Waals surface area contributed by atoms with Crippen LogP contribution < -0.4 is 0 Å². The first-order valence-electron chi connectivity index (χ1n) is 6.28. The van der Waals surface area contributed by atoms with Crippen LogP contribution in [0.3, 0.4) is 0 Å². The van der Waals surface area contributed by atoms with Crippen LogP contribution in [0.1, 0.15) is 15.9 Å². The molecule has 0 bridgehead atoms. The van der Waals surface area contributed by atoms with Crippen molar-refractivity contribution in [1.82, 2.24) is 4.90 Å². The molecule has 2 aromatic carbocycles. The molecule has 110 valence electrons. The van der Waals surface area contributed by atoms with Crippen LogP contribution in [0.15, 0.2) is 48.5 Å². The van der Waals surface area contributed by atoms with Gasteiger partial charge in [-0.1, -0.05) is 24.3 Å². The predicted octanol–water partition coefficient (Wildman–Crippen LogP) is 4.07. The number of nitrogens with zero attached hydrogens (tertiary/aromatic N) is 1. The lowest BCUT2D eigenvalue weighted by atomic mass is 10.0. The van der Waals surface area contributed by atoms with E-state index in [9.17, 15) is 18.0 Å². The predicted molar refractivity (Wildman–Crippen MR) is 74.9 cm³/mol. The maximum atomic E-state index is 12.5. The molecular weight excluding hydrogens is 279 g/mol. The van der Waals surface area contributed by atoms with E-state index in [0.29, 0.717) is 11.1 Å². The van der Waals surface area contributed by atoms with Crippen LogP contribution in [-0.2, 0) is 6.18 Å². The molecule has 0 unspecified atom stereocenters. The van der Waals surface area contributed by atoms with Crippen LogP contribution in [0.25, 0.3) is 11.1 Å². The summed E-state index contributed by atoms with van der Waals surface area (Å²) in [7, 11) is 3.32. The normalized spacial score (nSPS) is 11.3. The zero-order valence-electron chi connectivity index (χ0n) is 11.6. The molecule has 0 saturated carbocycles. The lowest BCUT2D eigenvalue weighted by Gasteiger charge is -2.11. The Morgan fingerprint density at radius 1 is 0.857 bits per heavy atom. The zero-order chi connectivity index (χ0) is 15.6. The number of carbonyl (C=O) groups excluding carboxylic acids is 1. The van der Waals surface area contributed by atoms with Crippen LogP contribution in [0.5, 0.6) is 0 Å². The van der Waals surface area contributed by atoms with E-state index in [4.69, 9.17) is 0 Å². The van der Waals surface area contributed by atoms with E-state index < -0.39 is 11.7 Å². The average Bonchev–Trinajstić information content (AvgIpc) is 2.46. The number of alkyl halides is 3. The molecular formula is C16H14F3NO. The van der Waals surface area contributed by atoms with Crippen molar-refractivity contribution < 1.29 is 18.0 Å². The Kier molecular flexibility index (Phi) is 4.02. The number of halogens is 3. The molecule has 0 N–H and O–H groups in total. The molecule has 0 atom stereocenters. The topological polar surface area (TPSA) is 20.3 Å². The molecule has 0 aliphatic rings. The third-order valence-corrected chi connectivity index (χ3v) is 3.08. The van der Waals surface area contributed by atoms with E-state index in [-0.39, 0.29) is 5.91 Å². The van der Waals surface area contributed by atoms with Gasteiger partial charge >= 0.3 is 6.18 Å². The van der Waals surface area contributed by atoms with E-state index in [2.05, 4.69) is 0 Å². The molecule has 0 aromatic heterocycles. The van der Waals surface area contributed by atoms with Gasteiger partial charge < -0.3 is 4.90 Å². The van der Waals surface area contributed by atoms with E-state index in [1.54, 1.807) is 38.4 Å². The van der Waals surface area contributed by atoms with Gasteiger partial charge in [0.25, 0.3) is 5.91 Å². The first-order chi connectivity index (χ1) is 9.79. The maximum Gasteiger partial charge on any atom is 0.416 e. The van der Waals surface area contributed by atoms with Crippen molar-refractivity contribution in [3.8, 4) is 11.1 Å². The number of benzene rings is 2. The standard InChI is InChI=1S/C16H14F3NO/c1-20(2)15(21)13-5-3-11(4-6-13)12-7-9-14(10-8-12)16(17,18)19/h3-10H,1-2H3. The van der Waals surface area contributed by atoms with Gasteiger partial charge in [0.15, 0.2) is 0 Å². The summed E-state index contributed by atoms with van der Waals surface area (Å²) in [5.41, 5.74) is 1.30. The molecule has 0 spiro atoms. The summed E-state index contributed by atoms with van der Waals surface area (Å²) in [6.45, 7) is 0. The van der Waals surface area contributed by atoms with E-state index >= 15 is 0 Å². The minimum absolute atomic E-state index is 0.117. The van der Waals surface area contributed by atoms with Crippen LogP contribution in [0.2, 0.25) is 0 Å². The summed E-state index contributed by atoms with van der Waals surface area (Å²) < 4.78 is 37.5. The van der Waals surface area contributed by atoms with Gasteiger partial charge in [-0.15, -0.1) is 0 Å². The Morgan fingerprint density at radius 2 is 1.29 bits per heavy atom. The van der Waals surface area contributed by atoms with Crippen molar-refractivity contribution in [3.63, 3.8) is 0 Å². The molecule has 5 heteroatoms. The molecule has 0 fully saturated rings. The van der Waals surface area contributed by atoms with Crippen molar-refractivity contribution >= 4 is 5.91 Å². The minimum Gasteiger partial charge on any atom is -0.345 e. The van der Waals surface area contributed by atoms with Gasteiger partial charge in [-0.2, -0.15) is 13.2 Å². The highest BCUT2D eigenvalue weighted by Gasteiger charge is 2.29. The van der Waals surface area contributed by atoms with Gasteiger partial charge in [-0.3, -0.25) is 4.79 Å². The van der Waals surface area contributed by atoms with Gasteiger partial charge in [0.1, 0.15) is 0 Å². The number of hydrogen-bond acceptors (Lipinski definition) is 1. The summed E-state index contributed by atoms with van der Waals surface area (Å²) in [6, 6.07) is 11.7. The second-order valence-corrected chi connectivity index (χ2v) is 4.85. The molecule has 2 rings (SSSR count). The van der Waals surface area contributed by atoms with Crippen LogP contribution in [0.4, 0.5) is 13.2 Å². The minimum atomic E-state index is -4.33. The molecule has 1 amide bonds. The monoisotopic (exact) mass is 293 g/mol. The van der Waals surface area contributed by atoms with Gasteiger partial charge in [-0.25, -0.2) is 0 Å². The van der Waals surface area contributed by atoms with E-state index in [1.807, 2.05) is 0 Å². The number of carbonyl (C=O) groups is 1. The van der Waals surface area contributed by atoms with Gasteiger partial charge in [0.2, 0.25) is 0 Å². The Morgan fingerprint density at radius 3 is 1.67 bits per heavy atom. The SMILES string of the molecule is CN(C)C(=O)c1ccc(-c2ccc(C(F)(F)F)cc2)cc1.